The van der Waals surface area contributed by atoms with Gasteiger partial charge in [0.05, 0.1) is 19.3 Å². The van der Waals surface area contributed by atoms with Crippen molar-refractivity contribution in [2.75, 3.05) is 26.8 Å². The number of likely N-dealkylation sites (tertiary alicyclic amines) is 1. The first-order valence-electron chi connectivity index (χ1n) is 8.83. The van der Waals surface area contributed by atoms with Crippen LogP contribution < -0.4 is 9.47 Å². The lowest BCUT2D eigenvalue weighted by molar-refractivity contribution is -0.139. The quantitative estimate of drug-likeness (QED) is 0.776. The van der Waals surface area contributed by atoms with Crippen LogP contribution in [0.25, 0.3) is 0 Å². The third kappa shape index (κ3) is 4.71. The molecule has 1 unspecified atom stereocenters. The summed E-state index contributed by atoms with van der Waals surface area (Å²) < 4.78 is 49.5. The Bertz CT molecular complexity index is 812. The molecular formula is C19H20F3N3O3. The lowest BCUT2D eigenvalue weighted by Gasteiger charge is -2.32. The minimum atomic E-state index is -4.53. The highest BCUT2D eigenvalue weighted by Gasteiger charge is 2.35. The number of halogens is 3. The zero-order valence-electron chi connectivity index (χ0n) is 15.3. The summed E-state index contributed by atoms with van der Waals surface area (Å²) in [6.45, 7) is 1.04. The maximum absolute atomic E-state index is 13.0. The fourth-order valence-electron chi connectivity index (χ4n) is 3.11. The van der Waals surface area contributed by atoms with Gasteiger partial charge in [-0.05, 0) is 31.0 Å². The molecule has 1 aliphatic heterocycles. The van der Waals surface area contributed by atoms with Crippen molar-refractivity contribution in [1.82, 2.24) is 14.9 Å². The van der Waals surface area contributed by atoms with Crippen LogP contribution in [0.5, 0.6) is 11.8 Å². The standard InChI is InChI=1S/C19H20F3N3O3/c1-27-16-7-6-14(10-24-16)18(26)25-9-3-4-13(11-25)12-28-17-15(19(20,21)22)5-2-8-23-17/h2,5-8,10,13H,3-4,9,11-12H2,1H3. The summed E-state index contributed by atoms with van der Waals surface area (Å²) in [7, 11) is 1.49. The van der Waals surface area contributed by atoms with Crippen LogP contribution in [0.3, 0.4) is 0 Å². The van der Waals surface area contributed by atoms with Crippen molar-refractivity contribution in [1.29, 1.82) is 0 Å². The van der Waals surface area contributed by atoms with E-state index in [1.54, 1.807) is 17.0 Å². The van der Waals surface area contributed by atoms with Gasteiger partial charge in [0.15, 0.2) is 0 Å². The van der Waals surface area contributed by atoms with Gasteiger partial charge in [-0.3, -0.25) is 4.79 Å². The van der Waals surface area contributed by atoms with Gasteiger partial charge < -0.3 is 14.4 Å². The molecule has 150 valence electrons. The van der Waals surface area contributed by atoms with Crippen LogP contribution in [0.1, 0.15) is 28.8 Å². The molecule has 1 saturated heterocycles. The molecule has 0 bridgehead atoms. The smallest absolute Gasteiger partial charge is 0.421 e. The van der Waals surface area contributed by atoms with E-state index in [9.17, 15) is 18.0 Å². The summed E-state index contributed by atoms with van der Waals surface area (Å²) in [6.07, 6.45) is -0.307. The molecule has 0 radical (unpaired) electrons. The lowest BCUT2D eigenvalue weighted by atomic mass is 9.98. The number of carbonyl (C=O) groups excluding carboxylic acids is 1. The van der Waals surface area contributed by atoms with Crippen LogP contribution in [0, 0.1) is 5.92 Å². The Kier molecular flexibility index (Phi) is 6.01. The second kappa shape index (κ2) is 8.45. The zero-order valence-corrected chi connectivity index (χ0v) is 15.3. The number of alkyl halides is 3. The lowest BCUT2D eigenvalue weighted by Crippen LogP contribution is -2.41. The highest BCUT2D eigenvalue weighted by Crippen LogP contribution is 2.35. The summed E-state index contributed by atoms with van der Waals surface area (Å²) in [6, 6.07) is 5.41. The average molecular weight is 395 g/mol. The van der Waals surface area contributed by atoms with Gasteiger partial charge in [0, 0.05) is 37.5 Å². The molecule has 1 aliphatic rings. The SMILES string of the molecule is COc1ccc(C(=O)N2CCCC(COc3ncccc3C(F)(F)F)C2)cn1. The Morgan fingerprint density at radius 2 is 2.11 bits per heavy atom. The third-order valence-corrected chi connectivity index (χ3v) is 4.53. The van der Waals surface area contributed by atoms with Crippen molar-refractivity contribution in [3.63, 3.8) is 0 Å². The maximum Gasteiger partial charge on any atom is 0.421 e. The number of ether oxygens (including phenoxy) is 2. The van der Waals surface area contributed by atoms with E-state index in [1.807, 2.05) is 0 Å². The van der Waals surface area contributed by atoms with Crippen LogP contribution in [-0.2, 0) is 6.18 Å². The largest absolute Gasteiger partial charge is 0.481 e. The first-order chi connectivity index (χ1) is 13.4. The molecule has 0 saturated carbocycles. The molecule has 3 rings (SSSR count). The summed E-state index contributed by atoms with van der Waals surface area (Å²) >= 11 is 0. The average Bonchev–Trinajstić information content (AvgIpc) is 2.71. The molecule has 0 aromatic carbocycles. The summed E-state index contributed by atoms with van der Waals surface area (Å²) in [5, 5.41) is 0. The predicted octanol–water partition coefficient (Wildman–Crippen LogP) is 3.44. The van der Waals surface area contributed by atoms with E-state index in [4.69, 9.17) is 9.47 Å². The second-order valence-electron chi connectivity index (χ2n) is 6.51. The number of nitrogens with zero attached hydrogens (tertiary/aromatic N) is 3. The molecule has 3 heterocycles. The summed E-state index contributed by atoms with van der Waals surface area (Å²) in [4.78, 5) is 22.1. The Labute approximate surface area is 160 Å². The van der Waals surface area contributed by atoms with Crippen LogP contribution in [0.4, 0.5) is 13.2 Å². The van der Waals surface area contributed by atoms with Crippen molar-refractivity contribution >= 4 is 5.91 Å². The highest BCUT2D eigenvalue weighted by atomic mass is 19.4. The van der Waals surface area contributed by atoms with E-state index >= 15 is 0 Å². The minimum absolute atomic E-state index is 0.0603. The minimum Gasteiger partial charge on any atom is -0.481 e. The van der Waals surface area contributed by atoms with Gasteiger partial charge >= 0.3 is 6.18 Å². The first-order valence-corrected chi connectivity index (χ1v) is 8.83. The number of piperidine rings is 1. The Morgan fingerprint density at radius 1 is 1.29 bits per heavy atom. The molecule has 9 heteroatoms. The van der Waals surface area contributed by atoms with Crippen molar-refractivity contribution in [2.24, 2.45) is 5.92 Å². The maximum atomic E-state index is 13.0. The normalized spacial score (nSPS) is 17.3. The highest BCUT2D eigenvalue weighted by molar-refractivity contribution is 5.94. The van der Waals surface area contributed by atoms with Gasteiger partial charge in [-0.25, -0.2) is 9.97 Å². The molecule has 1 fully saturated rings. The van der Waals surface area contributed by atoms with Crippen LogP contribution in [0.15, 0.2) is 36.7 Å². The molecule has 0 spiro atoms. The van der Waals surface area contributed by atoms with Gasteiger partial charge in [-0.1, -0.05) is 0 Å². The number of rotatable bonds is 5. The van der Waals surface area contributed by atoms with Gasteiger partial charge in [-0.15, -0.1) is 0 Å². The molecule has 1 amide bonds. The van der Waals surface area contributed by atoms with Crippen molar-refractivity contribution < 1.29 is 27.4 Å². The number of hydrogen-bond acceptors (Lipinski definition) is 5. The molecule has 6 nitrogen and oxygen atoms in total. The van der Waals surface area contributed by atoms with E-state index < -0.39 is 17.6 Å². The Hall–Kier alpha value is -2.84. The molecule has 28 heavy (non-hydrogen) atoms. The van der Waals surface area contributed by atoms with E-state index in [2.05, 4.69) is 9.97 Å². The van der Waals surface area contributed by atoms with E-state index in [0.29, 0.717) is 24.5 Å². The van der Waals surface area contributed by atoms with Gasteiger partial charge in [0.2, 0.25) is 11.8 Å². The number of amides is 1. The fraction of sp³-hybridized carbons (Fsp3) is 0.421. The molecule has 2 aromatic rings. The zero-order chi connectivity index (χ0) is 20.1. The molecular weight excluding hydrogens is 375 g/mol. The van der Waals surface area contributed by atoms with E-state index in [-0.39, 0.29) is 18.4 Å². The van der Waals surface area contributed by atoms with Crippen LogP contribution in [0.2, 0.25) is 0 Å². The number of carbonyl (C=O) groups is 1. The molecule has 1 atom stereocenters. The second-order valence-corrected chi connectivity index (χ2v) is 6.51. The van der Waals surface area contributed by atoms with E-state index in [1.165, 1.54) is 25.6 Å². The first kappa shape index (κ1) is 19.9. The number of hydrogen-bond donors (Lipinski definition) is 0. The Balaban J connectivity index is 1.62. The predicted molar refractivity (Wildman–Crippen MR) is 94.2 cm³/mol. The monoisotopic (exact) mass is 395 g/mol. The Morgan fingerprint density at radius 3 is 2.79 bits per heavy atom. The van der Waals surface area contributed by atoms with E-state index in [0.717, 1.165) is 18.9 Å². The van der Waals surface area contributed by atoms with Gasteiger partial charge in [0.1, 0.15) is 5.56 Å². The number of aromatic nitrogens is 2. The van der Waals surface area contributed by atoms with Crippen molar-refractivity contribution in [3.05, 3.63) is 47.8 Å². The van der Waals surface area contributed by atoms with Crippen LogP contribution >= 0.6 is 0 Å². The van der Waals surface area contributed by atoms with Crippen molar-refractivity contribution in [2.45, 2.75) is 19.0 Å². The van der Waals surface area contributed by atoms with Crippen molar-refractivity contribution in [3.8, 4) is 11.8 Å². The number of methoxy groups -OCH3 is 1. The van der Waals surface area contributed by atoms with Crippen LogP contribution in [-0.4, -0.2) is 47.6 Å². The topological polar surface area (TPSA) is 64.5 Å². The number of pyridine rings is 2. The third-order valence-electron chi connectivity index (χ3n) is 4.53. The molecule has 0 N–H and O–H groups in total. The molecule has 2 aromatic heterocycles. The summed E-state index contributed by atoms with van der Waals surface area (Å²) in [5.41, 5.74) is -0.463. The molecule has 0 aliphatic carbocycles. The fourth-order valence-corrected chi connectivity index (χ4v) is 3.11. The van der Waals surface area contributed by atoms with Gasteiger partial charge in [-0.2, -0.15) is 13.2 Å². The summed E-state index contributed by atoms with van der Waals surface area (Å²) in [5.74, 6) is -0.268. The van der Waals surface area contributed by atoms with Gasteiger partial charge in [0.25, 0.3) is 5.91 Å².